The lowest BCUT2D eigenvalue weighted by Gasteiger charge is -2.34. The first-order valence-corrected chi connectivity index (χ1v) is 5.86. The van der Waals surface area contributed by atoms with Crippen molar-refractivity contribution in [1.82, 2.24) is 4.98 Å². The van der Waals surface area contributed by atoms with Crippen molar-refractivity contribution in [2.75, 3.05) is 0 Å². The number of nitrogens with zero attached hydrogens (tertiary/aromatic N) is 2. The highest BCUT2D eigenvalue weighted by Gasteiger charge is 2.40. The summed E-state index contributed by atoms with van der Waals surface area (Å²) < 4.78 is 0. The van der Waals surface area contributed by atoms with Gasteiger partial charge in [0.05, 0.1) is 17.2 Å². The standard InChI is InChI=1S/C14H18N2/c1-13(2,3)11-5-6-12(16-9-11)14(10-15)7-4-8-14/h5-6,9H,4,7-8H2,1-3H3. The molecular weight excluding hydrogens is 196 g/mol. The Morgan fingerprint density at radius 3 is 2.31 bits per heavy atom. The zero-order chi connectivity index (χ0) is 11.8. The van der Waals surface area contributed by atoms with E-state index in [1.165, 1.54) is 5.56 Å². The molecule has 2 heteroatoms. The highest BCUT2D eigenvalue weighted by Crippen LogP contribution is 2.42. The molecule has 1 aliphatic carbocycles. The van der Waals surface area contributed by atoms with Crippen molar-refractivity contribution in [3.05, 3.63) is 29.6 Å². The van der Waals surface area contributed by atoms with Gasteiger partial charge >= 0.3 is 0 Å². The average Bonchev–Trinajstić information content (AvgIpc) is 2.16. The smallest absolute Gasteiger partial charge is 0.0993 e. The second-order valence-electron chi connectivity index (χ2n) is 5.73. The number of pyridine rings is 1. The van der Waals surface area contributed by atoms with E-state index in [1.807, 2.05) is 12.3 Å². The molecule has 1 aromatic heterocycles. The summed E-state index contributed by atoms with van der Waals surface area (Å²) in [5.74, 6) is 0. The third-order valence-corrected chi connectivity index (χ3v) is 3.54. The SMILES string of the molecule is CC(C)(C)c1ccc(C2(C#N)CCC2)nc1. The van der Waals surface area contributed by atoms with Crippen molar-refractivity contribution >= 4 is 0 Å². The van der Waals surface area contributed by atoms with Crippen LogP contribution in [-0.2, 0) is 10.8 Å². The average molecular weight is 214 g/mol. The molecule has 1 heterocycles. The molecule has 1 aromatic rings. The minimum atomic E-state index is -0.281. The van der Waals surface area contributed by atoms with Crippen molar-refractivity contribution < 1.29 is 0 Å². The highest BCUT2D eigenvalue weighted by atomic mass is 14.7. The van der Waals surface area contributed by atoms with E-state index in [1.54, 1.807) is 0 Å². The van der Waals surface area contributed by atoms with Crippen LogP contribution in [0.2, 0.25) is 0 Å². The van der Waals surface area contributed by atoms with Gasteiger partial charge in [0, 0.05) is 6.20 Å². The van der Waals surface area contributed by atoms with Gasteiger partial charge in [-0.1, -0.05) is 26.8 Å². The Morgan fingerprint density at radius 2 is 2.00 bits per heavy atom. The molecule has 1 aliphatic rings. The quantitative estimate of drug-likeness (QED) is 0.719. The van der Waals surface area contributed by atoms with Gasteiger partial charge in [-0.15, -0.1) is 0 Å². The van der Waals surface area contributed by atoms with Crippen molar-refractivity contribution in [2.45, 2.75) is 50.9 Å². The van der Waals surface area contributed by atoms with Crippen LogP contribution in [0.25, 0.3) is 0 Å². The number of nitriles is 1. The summed E-state index contributed by atoms with van der Waals surface area (Å²) in [6.07, 6.45) is 5.00. The molecule has 2 rings (SSSR count). The molecule has 0 atom stereocenters. The van der Waals surface area contributed by atoms with E-state index in [2.05, 4.69) is 37.9 Å². The second kappa shape index (κ2) is 3.59. The molecule has 0 spiro atoms. The Hall–Kier alpha value is -1.36. The van der Waals surface area contributed by atoms with Gasteiger partial charge in [-0.05, 0) is 36.3 Å². The van der Waals surface area contributed by atoms with Gasteiger partial charge in [0.1, 0.15) is 0 Å². The predicted molar refractivity (Wildman–Crippen MR) is 64.1 cm³/mol. The van der Waals surface area contributed by atoms with E-state index >= 15 is 0 Å². The van der Waals surface area contributed by atoms with Gasteiger partial charge in [0.15, 0.2) is 0 Å². The van der Waals surface area contributed by atoms with Crippen LogP contribution in [0, 0.1) is 11.3 Å². The van der Waals surface area contributed by atoms with Gasteiger partial charge in [-0.2, -0.15) is 5.26 Å². The summed E-state index contributed by atoms with van der Waals surface area (Å²) in [6.45, 7) is 6.52. The van der Waals surface area contributed by atoms with Gasteiger partial charge in [-0.25, -0.2) is 0 Å². The molecule has 0 bridgehead atoms. The van der Waals surface area contributed by atoms with Gasteiger partial charge in [-0.3, -0.25) is 4.98 Å². The van der Waals surface area contributed by atoms with Crippen LogP contribution in [0.3, 0.4) is 0 Å². The first kappa shape index (κ1) is 11.1. The normalized spacial score (nSPS) is 18.6. The third kappa shape index (κ3) is 1.71. The molecule has 0 unspecified atom stereocenters. The molecule has 0 radical (unpaired) electrons. The first-order chi connectivity index (χ1) is 7.48. The fourth-order valence-electron chi connectivity index (χ4n) is 2.08. The van der Waals surface area contributed by atoms with E-state index in [0.717, 1.165) is 25.0 Å². The zero-order valence-corrected chi connectivity index (χ0v) is 10.2. The maximum atomic E-state index is 9.23. The molecule has 16 heavy (non-hydrogen) atoms. The molecule has 84 valence electrons. The summed E-state index contributed by atoms with van der Waals surface area (Å²) in [4.78, 5) is 4.49. The Kier molecular flexibility index (Phi) is 2.50. The molecule has 0 saturated heterocycles. The van der Waals surface area contributed by atoms with Crippen LogP contribution in [0.4, 0.5) is 0 Å². The maximum absolute atomic E-state index is 9.23. The Bertz CT molecular complexity index is 414. The summed E-state index contributed by atoms with van der Waals surface area (Å²) in [6, 6.07) is 6.57. The summed E-state index contributed by atoms with van der Waals surface area (Å²) in [5.41, 5.74) is 2.03. The van der Waals surface area contributed by atoms with Gasteiger partial charge in [0.25, 0.3) is 0 Å². The lowest BCUT2D eigenvalue weighted by molar-refractivity contribution is 0.316. The molecule has 2 nitrogen and oxygen atoms in total. The van der Waals surface area contributed by atoms with Crippen LogP contribution >= 0.6 is 0 Å². The van der Waals surface area contributed by atoms with Crippen molar-refractivity contribution in [3.8, 4) is 6.07 Å². The second-order valence-corrected chi connectivity index (χ2v) is 5.73. The summed E-state index contributed by atoms with van der Waals surface area (Å²) in [7, 11) is 0. The lowest BCUT2D eigenvalue weighted by atomic mass is 9.67. The molecule has 0 aliphatic heterocycles. The zero-order valence-electron chi connectivity index (χ0n) is 10.2. The fraction of sp³-hybridized carbons (Fsp3) is 0.571. The van der Waals surface area contributed by atoms with Crippen molar-refractivity contribution in [2.24, 2.45) is 0 Å². The van der Waals surface area contributed by atoms with Crippen LogP contribution in [0.5, 0.6) is 0 Å². The van der Waals surface area contributed by atoms with E-state index in [-0.39, 0.29) is 10.8 Å². The van der Waals surface area contributed by atoms with Crippen LogP contribution in [-0.4, -0.2) is 4.98 Å². The summed E-state index contributed by atoms with van der Waals surface area (Å²) >= 11 is 0. The number of hydrogen-bond acceptors (Lipinski definition) is 2. The number of hydrogen-bond donors (Lipinski definition) is 0. The number of aromatic nitrogens is 1. The Morgan fingerprint density at radius 1 is 1.31 bits per heavy atom. The topological polar surface area (TPSA) is 36.7 Å². The van der Waals surface area contributed by atoms with Crippen LogP contribution < -0.4 is 0 Å². The van der Waals surface area contributed by atoms with Crippen LogP contribution in [0.15, 0.2) is 18.3 Å². The van der Waals surface area contributed by atoms with E-state index in [4.69, 9.17) is 0 Å². The Labute approximate surface area is 97.3 Å². The number of rotatable bonds is 1. The molecule has 1 fully saturated rings. The predicted octanol–water partition coefficient (Wildman–Crippen LogP) is 3.32. The van der Waals surface area contributed by atoms with Crippen molar-refractivity contribution in [3.63, 3.8) is 0 Å². The molecule has 0 N–H and O–H groups in total. The maximum Gasteiger partial charge on any atom is 0.0993 e. The minimum Gasteiger partial charge on any atom is -0.259 e. The van der Waals surface area contributed by atoms with Gasteiger partial charge < -0.3 is 0 Å². The largest absolute Gasteiger partial charge is 0.259 e. The lowest BCUT2D eigenvalue weighted by Crippen LogP contribution is -2.33. The van der Waals surface area contributed by atoms with E-state index in [9.17, 15) is 5.26 Å². The van der Waals surface area contributed by atoms with Gasteiger partial charge in [0.2, 0.25) is 0 Å². The molecule has 0 amide bonds. The fourth-order valence-corrected chi connectivity index (χ4v) is 2.08. The Balaban J connectivity index is 2.30. The van der Waals surface area contributed by atoms with Crippen molar-refractivity contribution in [1.29, 1.82) is 5.26 Å². The minimum absolute atomic E-state index is 0.130. The van der Waals surface area contributed by atoms with Crippen LogP contribution in [0.1, 0.15) is 51.3 Å². The molecule has 0 aromatic carbocycles. The molecule has 1 saturated carbocycles. The first-order valence-electron chi connectivity index (χ1n) is 5.86. The molecular formula is C14H18N2. The highest BCUT2D eigenvalue weighted by molar-refractivity contribution is 5.32. The summed E-state index contributed by atoms with van der Waals surface area (Å²) in [5, 5.41) is 9.23. The van der Waals surface area contributed by atoms with E-state index in [0.29, 0.717) is 0 Å². The third-order valence-electron chi connectivity index (χ3n) is 3.54. The monoisotopic (exact) mass is 214 g/mol. The van der Waals surface area contributed by atoms with E-state index < -0.39 is 0 Å².